The molecule has 0 aliphatic carbocycles. The fraction of sp³-hybridized carbons (Fsp3) is 0.562. The van der Waals surface area contributed by atoms with Crippen LogP contribution in [-0.4, -0.2) is 11.7 Å². The van der Waals surface area contributed by atoms with Crippen LogP contribution < -0.4 is 5.32 Å². The summed E-state index contributed by atoms with van der Waals surface area (Å²) >= 11 is 12.3. The molecule has 1 aromatic rings. The van der Waals surface area contributed by atoms with E-state index in [9.17, 15) is 4.79 Å². The number of carbonyl (C=O) groups excluding carboxylic acids is 1. The Balaban J connectivity index is 0.00000191. The third-order valence-electron chi connectivity index (χ3n) is 2.51. The van der Waals surface area contributed by atoms with Gasteiger partial charge in [-0.25, -0.2) is 4.79 Å². The van der Waals surface area contributed by atoms with Crippen molar-refractivity contribution in [2.24, 2.45) is 0 Å². The van der Waals surface area contributed by atoms with E-state index in [0.717, 1.165) is 11.1 Å². The number of alkyl carbamates (subject to hydrolysis) is 1. The maximum atomic E-state index is 11.7. The molecule has 1 rings (SSSR count). The number of ether oxygens (including phenoxy) is 1. The third kappa shape index (κ3) is 6.58. The third-order valence-corrected chi connectivity index (χ3v) is 3.50. The van der Waals surface area contributed by atoms with E-state index in [1.54, 1.807) is 0 Å². The highest BCUT2D eigenvalue weighted by Gasteiger charge is 2.20. The molecule has 0 heterocycles. The summed E-state index contributed by atoms with van der Waals surface area (Å²) in [6, 6.07) is 3.45. The number of hydrogen-bond donors (Lipinski definition) is 1. The lowest BCUT2D eigenvalue weighted by atomic mass is 10.1. The first-order chi connectivity index (χ1) is 9.61. The number of rotatable bonds is 2. The van der Waals surface area contributed by atoms with Gasteiger partial charge in [-0.3, -0.25) is 0 Å². The zero-order chi connectivity index (χ0) is 16.8. The molecule has 1 unspecified atom stereocenters. The molecule has 0 spiro atoms. The normalized spacial score (nSPS) is 12.0. The Labute approximate surface area is 138 Å². The van der Waals surface area contributed by atoms with Crippen molar-refractivity contribution in [3.05, 3.63) is 33.3 Å². The summed E-state index contributed by atoms with van der Waals surface area (Å²) in [7, 11) is 0. The van der Waals surface area contributed by atoms with E-state index in [1.165, 1.54) is 0 Å². The lowest BCUT2D eigenvalue weighted by Crippen LogP contribution is -2.34. The fourth-order valence-electron chi connectivity index (χ4n) is 1.56. The monoisotopic (exact) mass is 333 g/mol. The Kier molecular flexibility index (Phi) is 8.12. The highest BCUT2D eigenvalue weighted by atomic mass is 35.5. The van der Waals surface area contributed by atoms with E-state index < -0.39 is 11.7 Å². The van der Waals surface area contributed by atoms with Crippen LogP contribution in [0.1, 0.15) is 58.7 Å². The molecule has 0 fully saturated rings. The molecule has 0 saturated carbocycles. The van der Waals surface area contributed by atoms with Crippen LogP contribution in [0.3, 0.4) is 0 Å². The average Bonchev–Trinajstić information content (AvgIpc) is 2.36. The molecule has 1 N–H and O–H groups in total. The first kappa shape index (κ1) is 20.1. The largest absolute Gasteiger partial charge is 0.444 e. The van der Waals surface area contributed by atoms with Gasteiger partial charge < -0.3 is 10.1 Å². The van der Waals surface area contributed by atoms with Gasteiger partial charge >= 0.3 is 6.09 Å². The molecule has 0 aromatic heterocycles. The van der Waals surface area contributed by atoms with Gasteiger partial charge in [0.15, 0.2) is 0 Å². The van der Waals surface area contributed by atoms with Crippen molar-refractivity contribution in [2.45, 2.75) is 60.1 Å². The number of hydrogen-bond acceptors (Lipinski definition) is 2. The molecule has 1 aromatic carbocycles. The topological polar surface area (TPSA) is 38.3 Å². The summed E-state index contributed by atoms with van der Waals surface area (Å²) < 4.78 is 5.20. The average molecular weight is 334 g/mol. The van der Waals surface area contributed by atoms with Crippen LogP contribution in [-0.2, 0) is 4.74 Å². The Morgan fingerprint density at radius 1 is 1.19 bits per heavy atom. The molecule has 21 heavy (non-hydrogen) atoms. The van der Waals surface area contributed by atoms with Crippen molar-refractivity contribution < 1.29 is 9.53 Å². The molecule has 0 aliphatic rings. The molecular weight excluding hydrogens is 309 g/mol. The SMILES string of the molecule is CC.Cc1ccc(C(C)NC(=O)OC(C)(C)C)c(Cl)c1Cl. The molecule has 0 saturated heterocycles. The van der Waals surface area contributed by atoms with Crippen molar-refractivity contribution in [1.29, 1.82) is 0 Å². The number of aryl methyl sites for hydroxylation is 1. The van der Waals surface area contributed by atoms with Gasteiger partial charge in [-0.15, -0.1) is 0 Å². The molecule has 120 valence electrons. The standard InChI is InChI=1S/C14H19Cl2NO2.C2H6/c1-8-6-7-10(12(16)11(8)15)9(2)17-13(18)19-14(3,4)5;1-2/h6-7,9H,1-5H3,(H,17,18);1-2H3. The van der Waals surface area contributed by atoms with Gasteiger partial charge in [-0.2, -0.15) is 0 Å². The summed E-state index contributed by atoms with van der Waals surface area (Å²) in [5, 5.41) is 3.71. The number of carbonyl (C=O) groups is 1. The molecule has 1 amide bonds. The lowest BCUT2D eigenvalue weighted by molar-refractivity contribution is 0.0508. The van der Waals surface area contributed by atoms with Gasteiger partial charge in [0, 0.05) is 0 Å². The number of benzene rings is 1. The van der Waals surface area contributed by atoms with Crippen LogP contribution in [0.15, 0.2) is 12.1 Å². The molecule has 0 aliphatic heterocycles. The van der Waals surface area contributed by atoms with E-state index in [2.05, 4.69) is 5.32 Å². The van der Waals surface area contributed by atoms with Crippen LogP contribution in [0.25, 0.3) is 0 Å². The minimum Gasteiger partial charge on any atom is -0.444 e. The summed E-state index contributed by atoms with van der Waals surface area (Å²) in [6.45, 7) is 13.1. The number of nitrogens with one attached hydrogen (secondary N) is 1. The van der Waals surface area contributed by atoms with Crippen LogP contribution in [0.2, 0.25) is 10.0 Å². The predicted octanol–water partition coefficient (Wildman–Crippen LogP) is 5.91. The van der Waals surface area contributed by atoms with Gasteiger partial charge in [0.1, 0.15) is 5.60 Å². The first-order valence-electron chi connectivity index (χ1n) is 7.06. The molecular formula is C16H25Cl2NO2. The highest BCUT2D eigenvalue weighted by molar-refractivity contribution is 6.43. The first-order valence-corrected chi connectivity index (χ1v) is 7.81. The van der Waals surface area contributed by atoms with Gasteiger partial charge in [0.05, 0.1) is 16.1 Å². The van der Waals surface area contributed by atoms with E-state index in [-0.39, 0.29) is 6.04 Å². The lowest BCUT2D eigenvalue weighted by Gasteiger charge is -2.22. The summed E-state index contributed by atoms with van der Waals surface area (Å²) in [4.78, 5) is 11.7. The van der Waals surface area contributed by atoms with E-state index in [0.29, 0.717) is 10.0 Å². The van der Waals surface area contributed by atoms with Crippen molar-refractivity contribution in [2.75, 3.05) is 0 Å². The van der Waals surface area contributed by atoms with E-state index in [4.69, 9.17) is 27.9 Å². The summed E-state index contributed by atoms with van der Waals surface area (Å²) in [5.41, 5.74) is 1.14. The molecule has 3 nitrogen and oxygen atoms in total. The minimum absolute atomic E-state index is 0.277. The molecule has 1 atom stereocenters. The Hall–Kier alpha value is -0.930. The quantitative estimate of drug-likeness (QED) is 0.730. The Morgan fingerprint density at radius 3 is 2.19 bits per heavy atom. The molecule has 5 heteroatoms. The number of halogens is 2. The van der Waals surface area contributed by atoms with Crippen LogP contribution in [0.4, 0.5) is 4.79 Å². The maximum Gasteiger partial charge on any atom is 0.408 e. The molecule has 0 radical (unpaired) electrons. The van der Waals surface area contributed by atoms with E-state index in [1.807, 2.05) is 60.6 Å². The van der Waals surface area contributed by atoms with Crippen molar-refractivity contribution in [1.82, 2.24) is 5.32 Å². The number of amides is 1. The Bertz CT molecular complexity index is 482. The van der Waals surface area contributed by atoms with E-state index >= 15 is 0 Å². The van der Waals surface area contributed by atoms with Crippen LogP contribution in [0, 0.1) is 6.92 Å². The minimum atomic E-state index is -0.529. The van der Waals surface area contributed by atoms with Gasteiger partial charge in [-0.05, 0) is 45.7 Å². The van der Waals surface area contributed by atoms with Gasteiger partial charge in [-0.1, -0.05) is 49.2 Å². The van der Waals surface area contributed by atoms with Gasteiger partial charge in [0.25, 0.3) is 0 Å². The second-order valence-corrected chi connectivity index (χ2v) is 6.22. The summed E-state index contributed by atoms with van der Waals surface area (Å²) in [5.74, 6) is 0. The zero-order valence-electron chi connectivity index (χ0n) is 13.8. The van der Waals surface area contributed by atoms with Crippen LogP contribution in [0.5, 0.6) is 0 Å². The maximum absolute atomic E-state index is 11.7. The second kappa shape index (κ2) is 8.50. The van der Waals surface area contributed by atoms with Gasteiger partial charge in [0.2, 0.25) is 0 Å². The second-order valence-electron chi connectivity index (χ2n) is 5.47. The fourth-order valence-corrected chi connectivity index (χ4v) is 2.11. The zero-order valence-corrected chi connectivity index (χ0v) is 15.3. The predicted molar refractivity (Wildman–Crippen MR) is 90.3 cm³/mol. The van der Waals surface area contributed by atoms with Crippen molar-refractivity contribution >= 4 is 29.3 Å². The smallest absolute Gasteiger partial charge is 0.408 e. The van der Waals surface area contributed by atoms with Crippen LogP contribution >= 0.6 is 23.2 Å². The molecule has 0 bridgehead atoms. The van der Waals surface area contributed by atoms with Crippen molar-refractivity contribution in [3.8, 4) is 0 Å². The summed E-state index contributed by atoms with van der Waals surface area (Å²) in [6.07, 6.45) is -0.479. The van der Waals surface area contributed by atoms with Crippen molar-refractivity contribution in [3.63, 3.8) is 0 Å². The highest BCUT2D eigenvalue weighted by Crippen LogP contribution is 2.32. The Morgan fingerprint density at radius 2 is 1.71 bits per heavy atom.